The molecule has 0 aromatic rings. The molecule has 0 bridgehead atoms. The Kier molecular flexibility index (Phi) is 9.91. The first-order chi connectivity index (χ1) is 14.2. The van der Waals surface area contributed by atoms with Crippen LogP contribution in [0.3, 0.4) is 0 Å². The molecular weight excluding hydrogens is 416 g/mol. The Hall–Kier alpha value is -1.10. The summed E-state index contributed by atoms with van der Waals surface area (Å²) in [6, 6.07) is 0. The maximum atomic E-state index is 13.2. The molecule has 1 unspecified atom stereocenters. The molecule has 0 aliphatic carbocycles. The van der Waals surface area contributed by atoms with Gasteiger partial charge in [0, 0.05) is 0 Å². The molecule has 0 spiro atoms. The molecule has 0 amide bonds. The van der Waals surface area contributed by atoms with Crippen molar-refractivity contribution in [1.29, 1.82) is 0 Å². The summed E-state index contributed by atoms with van der Waals surface area (Å²) in [5, 5.41) is 10.4. The van der Waals surface area contributed by atoms with Gasteiger partial charge in [0.2, 0.25) is 0 Å². The molecule has 0 aliphatic heterocycles. The molecule has 5 heteroatoms. The van der Waals surface area contributed by atoms with Crippen molar-refractivity contribution in [2.45, 2.75) is 140 Å². The smallest absolute Gasteiger partial charge is 0.312 e. The van der Waals surface area contributed by atoms with E-state index in [4.69, 9.17) is 9.47 Å². The molecule has 0 aliphatic rings. The van der Waals surface area contributed by atoms with Crippen LogP contribution in [0.25, 0.3) is 0 Å². The number of esters is 2. The van der Waals surface area contributed by atoms with Crippen LogP contribution >= 0.6 is 0 Å². The van der Waals surface area contributed by atoms with E-state index < -0.39 is 22.0 Å². The minimum absolute atomic E-state index is 0.0953. The third-order valence-electron chi connectivity index (χ3n) is 6.81. The Labute approximate surface area is 204 Å². The van der Waals surface area contributed by atoms with Crippen LogP contribution in [-0.2, 0) is 19.1 Å². The lowest BCUT2D eigenvalue weighted by atomic mass is 9.60. The quantitative estimate of drug-likeness (QED) is 0.313. The monoisotopic (exact) mass is 470 g/mol. The van der Waals surface area contributed by atoms with E-state index in [1.54, 1.807) is 0 Å². The Balaban J connectivity index is 5.45. The van der Waals surface area contributed by atoms with Gasteiger partial charge in [-0.2, -0.15) is 0 Å². The predicted molar refractivity (Wildman–Crippen MR) is 136 cm³/mol. The van der Waals surface area contributed by atoms with Gasteiger partial charge in [-0.1, -0.05) is 34.6 Å². The minimum atomic E-state index is -0.841. The molecule has 0 aromatic heterocycles. The van der Waals surface area contributed by atoms with E-state index in [0.29, 0.717) is 19.3 Å². The molecule has 5 nitrogen and oxygen atoms in total. The van der Waals surface area contributed by atoms with Crippen LogP contribution in [0.2, 0.25) is 0 Å². The highest BCUT2D eigenvalue weighted by Crippen LogP contribution is 2.48. The van der Waals surface area contributed by atoms with Crippen LogP contribution < -0.4 is 0 Å². The van der Waals surface area contributed by atoms with Crippen molar-refractivity contribution in [2.24, 2.45) is 27.6 Å². The maximum Gasteiger partial charge on any atom is 0.312 e. The van der Waals surface area contributed by atoms with Crippen LogP contribution in [-0.4, -0.2) is 34.4 Å². The summed E-state index contributed by atoms with van der Waals surface area (Å²) in [6.07, 6.45) is 1.49. The third kappa shape index (κ3) is 10.4. The van der Waals surface area contributed by atoms with E-state index in [2.05, 4.69) is 34.6 Å². The van der Waals surface area contributed by atoms with E-state index in [1.165, 1.54) is 0 Å². The molecule has 1 N–H and O–H groups in total. The molecule has 196 valence electrons. The van der Waals surface area contributed by atoms with Crippen LogP contribution in [0.5, 0.6) is 0 Å². The molecule has 33 heavy (non-hydrogen) atoms. The summed E-state index contributed by atoms with van der Waals surface area (Å²) in [5.74, 6) is -0.342. The van der Waals surface area contributed by atoms with E-state index in [1.807, 2.05) is 69.2 Å². The second-order valence-corrected chi connectivity index (χ2v) is 14.4. The lowest BCUT2D eigenvalue weighted by Gasteiger charge is -2.47. The van der Waals surface area contributed by atoms with Gasteiger partial charge >= 0.3 is 11.9 Å². The van der Waals surface area contributed by atoms with Gasteiger partial charge < -0.3 is 14.6 Å². The fraction of sp³-hybridized carbons (Fsp3) is 0.929. The second-order valence-electron chi connectivity index (χ2n) is 14.4. The summed E-state index contributed by atoms with van der Waals surface area (Å²) in [6.45, 7) is 29.5. The summed E-state index contributed by atoms with van der Waals surface area (Å²) in [7, 11) is 0. The first-order valence-electron chi connectivity index (χ1n) is 12.4. The van der Waals surface area contributed by atoms with Gasteiger partial charge in [0.05, 0.1) is 22.5 Å². The average Bonchev–Trinajstić information content (AvgIpc) is 2.48. The van der Waals surface area contributed by atoms with E-state index >= 15 is 0 Å². The highest BCUT2D eigenvalue weighted by Gasteiger charge is 2.46. The number of rotatable bonds is 12. The van der Waals surface area contributed by atoms with Gasteiger partial charge in [-0.05, 0) is 105 Å². The minimum Gasteiger partial charge on any atom is -0.463 e. The molecule has 0 fully saturated rings. The molecule has 0 radical (unpaired) electrons. The van der Waals surface area contributed by atoms with Crippen molar-refractivity contribution in [1.82, 2.24) is 0 Å². The number of hydrogen-bond donors (Lipinski definition) is 1. The third-order valence-corrected chi connectivity index (χ3v) is 6.81. The number of hydrogen-bond acceptors (Lipinski definition) is 5. The largest absolute Gasteiger partial charge is 0.463 e. The van der Waals surface area contributed by atoms with Crippen LogP contribution in [0.4, 0.5) is 0 Å². The van der Waals surface area contributed by atoms with E-state index in [-0.39, 0.29) is 34.8 Å². The van der Waals surface area contributed by atoms with Crippen molar-refractivity contribution in [2.75, 3.05) is 0 Å². The summed E-state index contributed by atoms with van der Waals surface area (Å²) < 4.78 is 11.5. The zero-order valence-corrected chi connectivity index (χ0v) is 24.4. The average molecular weight is 471 g/mol. The lowest BCUT2D eigenvalue weighted by molar-refractivity contribution is -0.175. The second kappa shape index (κ2) is 10.3. The Morgan fingerprint density at radius 3 is 1.45 bits per heavy atom. The number of ether oxygens (including phenoxy) is 2. The van der Waals surface area contributed by atoms with Crippen molar-refractivity contribution >= 4 is 11.9 Å². The topological polar surface area (TPSA) is 72.8 Å². The van der Waals surface area contributed by atoms with Crippen molar-refractivity contribution in [3.05, 3.63) is 0 Å². The summed E-state index contributed by atoms with van der Waals surface area (Å²) >= 11 is 0. The SMILES string of the molecule is CC(C)OC(=O)C(C)(C)CC(C)(C)C(=O)OC(C)(C)CC(C)(C)C(C)C(C)(C)CC(C)(C)O. The normalized spacial score (nSPS) is 15.4. The van der Waals surface area contributed by atoms with Gasteiger partial charge in [0.25, 0.3) is 0 Å². The first-order valence-corrected chi connectivity index (χ1v) is 12.4. The number of aliphatic hydroxyl groups is 1. The van der Waals surface area contributed by atoms with Gasteiger partial charge in [-0.3, -0.25) is 9.59 Å². The predicted octanol–water partition coefficient (Wildman–Crippen LogP) is 6.94. The van der Waals surface area contributed by atoms with Crippen LogP contribution in [0.15, 0.2) is 0 Å². The Morgan fingerprint density at radius 1 is 0.667 bits per heavy atom. The molecule has 0 saturated heterocycles. The van der Waals surface area contributed by atoms with Crippen molar-refractivity contribution in [3.8, 4) is 0 Å². The molecule has 1 atom stereocenters. The molecule has 0 saturated carbocycles. The molecule has 0 rings (SSSR count). The highest BCUT2D eigenvalue weighted by atomic mass is 16.6. The van der Waals surface area contributed by atoms with E-state index in [0.717, 1.165) is 0 Å². The summed E-state index contributed by atoms with van der Waals surface area (Å²) in [5.41, 5.74) is -3.30. The standard InChI is InChI=1S/C28H54O5/c1-19(2)32-21(29)25(8,9)16-26(10,11)22(30)33-28(14,15)18-24(6,7)20(3)23(4,5)17-27(12,13)31/h19-20,31H,16-18H2,1-15H3. The fourth-order valence-electron chi connectivity index (χ4n) is 5.62. The van der Waals surface area contributed by atoms with Gasteiger partial charge in [0.1, 0.15) is 5.60 Å². The molecule has 0 heterocycles. The van der Waals surface area contributed by atoms with Gasteiger partial charge in [-0.25, -0.2) is 0 Å². The lowest BCUT2D eigenvalue weighted by Crippen LogP contribution is -2.45. The highest BCUT2D eigenvalue weighted by molar-refractivity contribution is 5.80. The number of carbonyl (C=O) groups excluding carboxylic acids is 2. The number of carbonyl (C=O) groups is 2. The van der Waals surface area contributed by atoms with Crippen LogP contribution in [0, 0.1) is 27.6 Å². The Bertz CT molecular complexity index is 675. The zero-order chi connectivity index (χ0) is 26.8. The molecular formula is C28H54O5. The zero-order valence-electron chi connectivity index (χ0n) is 24.4. The summed E-state index contributed by atoms with van der Waals surface area (Å²) in [4.78, 5) is 25.8. The first kappa shape index (κ1) is 31.9. The Morgan fingerprint density at radius 2 is 1.06 bits per heavy atom. The van der Waals surface area contributed by atoms with Crippen molar-refractivity contribution in [3.63, 3.8) is 0 Å². The maximum absolute atomic E-state index is 13.2. The van der Waals surface area contributed by atoms with Crippen LogP contribution in [0.1, 0.15) is 123 Å². The van der Waals surface area contributed by atoms with Gasteiger partial charge in [0.15, 0.2) is 0 Å². The fourth-order valence-corrected chi connectivity index (χ4v) is 5.62. The molecule has 0 aromatic carbocycles. The van der Waals surface area contributed by atoms with Gasteiger partial charge in [-0.15, -0.1) is 0 Å². The van der Waals surface area contributed by atoms with Crippen molar-refractivity contribution < 1.29 is 24.2 Å². The van der Waals surface area contributed by atoms with E-state index in [9.17, 15) is 14.7 Å².